The molecule has 0 aliphatic rings. The van der Waals surface area contributed by atoms with E-state index < -0.39 is 5.82 Å². The first-order valence-corrected chi connectivity index (χ1v) is 5.84. The summed E-state index contributed by atoms with van der Waals surface area (Å²) in [5.74, 6) is -0.441. The molecule has 0 radical (unpaired) electrons. The number of nitrogen functional groups attached to an aromatic ring is 1. The van der Waals surface area contributed by atoms with Gasteiger partial charge in [0.05, 0.1) is 12.1 Å². The van der Waals surface area contributed by atoms with Gasteiger partial charge in [-0.2, -0.15) is 0 Å². The number of rotatable bonds is 3. The predicted octanol–water partition coefficient (Wildman–Crippen LogP) is 3.30. The summed E-state index contributed by atoms with van der Waals surface area (Å²) in [6.07, 6.45) is 0. The zero-order valence-corrected chi connectivity index (χ0v) is 10.9. The molecular weight excluding hydrogens is 269 g/mol. The number of nitrogens with two attached hydrogens (primary N) is 1. The second-order valence-electron chi connectivity index (χ2n) is 3.91. The van der Waals surface area contributed by atoms with Gasteiger partial charge in [-0.05, 0) is 36.4 Å². The molecule has 0 aliphatic heterocycles. The largest absolute Gasteiger partial charge is 0.495 e. The van der Waals surface area contributed by atoms with E-state index >= 15 is 0 Å². The quantitative estimate of drug-likeness (QED) is 0.693. The first-order chi connectivity index (χ1) is 9.02. The molecular formula is C14H11ClFNO2. The number of benzene rings is 2. The average Bonchev–Trinajstić information content (AvgIpc) is 2.40. The number of ether oxygens (including phenoxy) is 1. The van der Waals surface area contributed by atoms with Crippen molar-refractivity contribution >= 4 is 23.1 Å². The summed E-state index contributed by atoms with van der Waals surface area (Å²) in [4.78, 5) is 12.2. The van der Waals surface area contributed by atoms with Crippen molar-refractivity contribution < 1.29 is 13.9 Å². The van der Waals surface area contributed by atoms with Crippen LogP contribution in [0.2, 0.25) is 5.02 Å². The third kappa shape index (κ3) is 2.69. The Labute approximate surface area is 114 Å². The Morgan fingerprint density at radius 1 is 1.26 bits per heavy atom. The summed E-state index contributed by atoms with van der Waals surface area (Å²) in [6, 6.07) is 8.26. The maximum Gasteiger partial charge on any atom is 0.195 e. The fraction of sp³-hybridized carbons (Fsp3) is 0.0714. The van der Waals surface area contributed by atoms with Crippen LogP contribution in [-0.4, -0.2) is 12.9 Å². The minimum Gasteiger partial charge on any atom is -0.495 e. The van der Waals surface area contributed by atoms with Crippen LogP contribution in [0.3, 0.4) is 0 Å². The van der Waals surface area contributed by atoms with E-state index in [9.17, 15) is 9.18 Å². The normalized spacial score (nSPS) is 10.3. The van der Waals surface area contributed by atoms with Gasteiger partial charge in [0.15, 0.2) is 5.78 Å². The minimum atomic E-state index is -0.517. The number of ketones is 1. The van der Waals surface area contributed by atoms with Gasteiger partial charge in [0.2, 0.25) is 0 Å². The van der Waals surface area contributed by atoms with Crippen LogP contribution in [0, 0.1) is 5.82 Å². The highest BCUT2D eigenvalue weighted by molar-refractivity contribution is 6.32. The van der Waals surface area contributed by atoms with Crippen LogP contribution in [0.1, 0.15) is 15.9 Å². The lowest BCUT2D eigenvalue weighted by Crippen LogP contribution is -2.06. The first-order valence-electron chi connectivity index (χ1n) is 5.46. The van der Waals surface area contributed by atoms with Gasteiger partial charge >= 0.3 is 0 Å². The summed E-state index contributed by atoms with van der Waals surface area (Å²) in [5.41, 5.74) is 6.33. The molecule has 0 saturated carbocycles. The molecule has 0 unspecified atom stereocenters. The monoisotopic (exact) mass is 279 g/mol. The van der Waals surface area contributed by atoms with E-state index in [0.717, 1.165) is 6.07 Å². The van der Waals surface area contributed by atoms with Gasteiger partial charge in [0, 0.05) is 16.8 Å². The first kappa shape index (κ1) is 13.4. The molecule has 0 bridgehead atoms. The molecule has 2 aromatic carbocycles. The third-order valence-electron chi connectivity index (χ3n) is 2.67. The molecule has 0 aromatic heterocycles. The van der Waals surface area contributed by atoms with Crippen molar-refractivity contribution in [2.24, 2.45) is 0 Å². The predicted molar refractivity (Wildman–Crippen MR) is 72.2 cm³/mol. The van der Waals surface area contributed by atoms with Crippen LogP contribution in [0.4, 0.5) is 10.1 Å². The summed E-state index contributed by atoms with van der Waals surface area (Å²) in [5, 5.41) is 0.309. The Morgan fingerprint density at radius 2 is 2.00 bits per heavy atom. The molecule has 2 N–H and O–H groups in total. The van der Waals surface area contributed by atoms with Gasteiger partial charge in [-0.3, -0.25) is 4.79 Å². The molecule has 0 atom stereocenters. The van der Waals surface area contributed by atoms with Crippen LogP contribution < -0.4 is 10.5 Å². The number of anilines is 1. The zero-order chi connectivity index (χ0) is 14.0. The van der Waals surface area contributed by atoms with Crippen molar-refractivity contribution in [3.63, 3.8) is 0 Å². The topological polar surface area (TPSA) is 52.3 Å². The Kier molecular flexibility index (Phi) is 3.71. The van der Waals surface area contributed by atoms with E-state index in [1.807, 2.05) is 0 Å². The SMILES string of the molecule is COc1ccc(C(=O)c2cc(F)ccc2N)cc1Cl. The van der Waals surface area contributed by atoms with E-state index in [1.165, 1.54) is 25.3 Å². The molecule has 0 amide bonds. The fourth-order valence-electron chi connectivity index (χ4n) is 1.69. The Bertz CT molecular complexity index is 643. The van der Waals surface area contributed by atoms with Gasteiger partial charge in [-0.1, -0.05) is 11.6 Å². The van der Waals surface area contributed by atoms with Crippen molar-refractivity contribution in [3.05, 3.63) is 58.4 Å². The fourth-order valence-corrected chi connectivity index (χ4v) is 1.95. The molecule has 2 aromatic rings. The Balaban J connectivity index is 2.44. The zero-order valence-electron chi connectivity index (χ0n) is 10.1. The van der Waals surface area contributed by atoms with E-state index in [4.69, 9.17) is 22.1 Å². The van der Waals surface area contributed by atoms with Crippen molar-refractivity contribution in [1.29, 1.82) is 0 Å². The molecule has 0 aliphatic carbocycles. The van der Waals surface area contributed by atoms with E-state index in [1.54, 1.807) is 12.1 Å². The molecule has 2 rings (SSSR count). The van der Waals surface area contributed by atoms with Crippen molar-refractivity contribution in [2.75, 3.05) is 12.8 Å². The van der Waals surface area contributed by atoms with Gasteiger partial charge < -0.3 is 10.5 Å². The maximum atomic E-state index is 13.2. The molecule has 0 heterocycles. The molecule has 98 valence electrons. The summed E-state index contributed by atoms with van der Waals surface area (Å²) in [7, 11) is 1.48. The molecule has 19 heavy (non-hydrogen) atoms. The number of hydrogen-bond acceptors (Lipinski definition) is 3. The highest BCUT2D eigenvalue weighted by Crippen LogP contribution is 2.27. The summed E-state index contributed by atoms with van der Waals surface area (Å²) < 4.78 is 18.2. The lowest BCUT2D eigenvalue weighted by Gasteiger charge is -2.07. The molecule has 5 heteroatoms. The second kappa shape index (κ2) is 5.28. The van der Waals surface area contributed by atoms with E-state index in [0.29, 0.717) is 16.3 Å². The van der Waals surface area contributed by atoms with Crippen molar-refractivity contribution in [3.8, 4) is 5.75 Å². The lowest BCUT2D eigenvalue weighted by molar-refractivity contribution is 0.103. The van der Waals surface area contributed by atoms with Crippen LogP contribution in [0.25, 0.3) is 0 Å². The molecule has 0 saturated heterocycles. The number of carbonyl (C=O) groups is 1. The number of halogens is 2. The molecule has 3 nitrogen and oxygen atoms in total. The number of methoxy groups -OCH3 is 1. The molecule has 0 fully saturated rings. The van der Waals surface area contributed by atoms with Crippen LogP contribution in [-0.2, 0) is 0 Å². The highest BCUT2D eigenvalue weighted by Gasteiger charge is 2.15. The Hall–Kier alpha value is -2.07. The van der Waals surface area contributed by atoms with E-state index in [-0.39, 0.29) is 17.0 Å². The minimum absolute atomic E-state index is 0.112. The summed E-state index contributed by atoms with van der Waals surface area (Å²) in [6.45, 7) is 0. The smallest absolute Gasteiger partial charge is 0.195 e. The van der Waals surface area contributed by atoms with Gasteiger partial charge in [-0.25, -0.2) is 4.39 Å². The van der Waals surface area contributed by atoms with Crippen molar-refractivity contribution in [2.45, 2.75) is 0 Å². The highest BCUT2D eigenvalue weighted by atomic mass is 35.5. The van der Waals surface area contributed by atoms with Gasteiger partial charge in [-0.15, -0.1) is 0 Å². The molecule has 0 spiro atoms. The van der Waals surface area contributed by atoms with Crippen LogP contribution >= 0.6 is 11.6 Å². The maximum absolute atomic E-state index is 13.2. The van der Waals surface area contributed by atoms with Gasteiger partial charge in [0.25, 0.3) is 0 Å². The van der Waals surface area contributed by atoms with E-state index in [2.05, 4.69) is 0 Å². The number of hydrogen-bond donors (Lipinski definition) is 1. The number of carbonyl (C=O) groups excluding carboxylic acids is 1. The third-order valence-corrected chi connectivity index (χ3v) is 2.97. The second-order valence-corrected chi connectivity index (χ2v) is 4.32. The van der Waals surface area contributed by atoms with Gasteiger partial charge in [0.1, 0.15) is 11.6 Å². The van der Waals surface area contributed by atoms with Crippen LogP contribution in [0.15, 0.2) is 36.4 Å². The standard InChI is InChI=1S/C14H11ClFNO2/c1-19-13-5-2-8(6-11(13)15)14(18)10-7-9(16)3-4-12(10)17/h2-7H,17H2,1H3. The lowest BCUT2D eigenvalue weighted by atomic mass is 10.0. The summed E-state index contributed by atoms with van der Waals surface area (Å²) >= 11 is 5.95. The Morgan fingerprint density at radius 3 is 2.63 bits per heavy atom. The van der Waals surface area contributed by atoms with Crippen molar-refractivity contribution in [1.82, 2.24) is 0 Å². The average molecular weight is 280 g/mol. The van der Waals surface area contributed by atoms with Crippen LogP contribution in [0.5, 0.6) is 5.75 Å².